The molecule has 1 aliphatic carbocycles. The van der Waals surface area contributed by atoms with E-state index in [-0.39, 0.29) is 11.4 Å². The van der Waals surface area contributed by atoms with Gasteiger partial charge in [-0.05, 0) is 60.0 Å². The molecule has 0 bridgehead atoms. The molecule has 0 aromatic heterocycles. The summed E-state index contributed by atoms with van der Waals surface area (Å²) < 4.78 is 5.07. The van der Waals surface area contributed by atoms with Crippen LogP contribution in [-0.2, 0) is 21.4 Å². The van der Waals surface area contributed by atoms with E-state index in [4.69, 9.17) is 9.73 Å². The number of benzene rings is 2. The van der Waals surface area contributed by atoms with Crippen LogP contribution >= 0.6 is 0 Å². The van der Waals surface area contributed by atoms with Gasteiger partial charge in [-0.25, -0.2) is 4.79 Å². The number of carbonyl (C=O) groups is 1. The molecule has 166 valence electrons. The van der Waals surface area contributed by atoms with Gasteiger partial charge in [0.15, 0.2) is 0 Å². The second kappa shape index (κ2) is 10.7. The fourth-order valence-electron chi connectivity index (χ4n) is 5.12. The van der Waals surface area contributed by atoms with E-state index in [0.717, 1.165) is 12.8 Å². The summed E-state index contributed by atoms with van der Waals surface area (Å²) in [5.74, 6) is 1.31. The summed E-state index contributed by atoms with van der Waals surface area (Å²) in [6.45, 7) is 7.05. The zero-order chi connectivity index (χ0) is 22.3. The first-order valence-corrected chi connectivity index (χ1v) is 11.6. The molecule has 0 N–H and O–H groups in total. The fourth-order valence-corrected chi connectivity index (χ4v) is 5.12. The van der Waals surface area contributed by atoms with Gasteiger partial charge in [-0.2, -0.15) is 0 Å². The van der Waals surface area contributed by atoms with Crippen molar-refractivity contribution in [2.75, 3.05) is 7.11 Å². The van der Waals surface area contributed by atoms with Gasteiger partial charge in [0.25, 0.3) is 0 Å². The third-order valence-corrected chi connectivity index (χ3v) is 7.09. The molecular formula is C28H37NO2. The molecule has 0 spiro atoms. The lowest BCUT2D eigenvalue weighted by molar-refractivity contribution is -0.142. The summed E-state index contributed by atoms with van der Waals surface area (Å²) in [7, 11) is 1.46. The minimum absolute atomic E-state index is 0.0584. The molecule has 0 radical (unpaired) electrons. The minimum Gasteiger partial charge on any atom is -0.467 e. The van der Waals surface area contributed by atoms with E-state index >= 15 is 0 Å². The molecule has 1 saturated carbocycles. The monoisotopic (exact) mass is 419 g/mol. The Labute approximate surface area is 187 Å². The number of aryl methyl sites for hydroxylation is 1. The summed E-state index contributed by atoms with van der Waals surface area (Å²) in [5, 5.41) is 0. The molecule has 1 aliphatic rings. The third kappa shape index (κ3) is 6.06. The predicted molar refractivity (Wildman–Crippen MR) is 129 cm³/mol. The van der Waals surface area contributed by atoms with Crippen LogP contribution in [0.1, 0.15) is 57.6 Å². The van der Waals surface area contributed by atoms with Crippen LogP contribution in [0.15, 0.2) is 65.7 Å². The van der Waals surface area contributed by atoms with Gasteiger partial charge in [0.2, 0.25) is 0 Å². The molecule has 0 aliphatic heterocycles. The normalized spacial score (nSPS) is 22.9. The van der Waals surface area contributed by atoms with Gasteiger partial charge in [-0.3, -0.25) is 4.99 Å². The van der Waals surface area contributed by atoms with E-state index in [9.17, 15) is 4.79 Å². The lowest BCUT2D eigenvalue weighted by Gasteiger charge is -2.43. The number of ether oxygens (including phenoxy) is 1. The average molecular weight is 420 g/mol. The van der Waals surface area contributed by atoms with Gasteiger partial charge < -0.3 is 4.74 Å². The van der Waals surface area contributed by atoms with Crippen molar-refractivity contribution >= 4 is 12.2 Å². The van der Waals surface area contributed by atoms with Crippen molar-refractivity contribution in [1.82, 2.24) is 0 Å². The molecule has 2 aromatic carbocycles. The number of rotatable bonds is 8. The second-order valence-electron chi connectivity index (χ2n) is 9.64. The maximum atomic E-state index is 12.4. The van der Waals surface area contributed by atoms with Crippen molar-refractivity contribution in [1.29, 1.82) is 0 Å². The Morgan fingerprint density at radius 2 is 1.74 bits per heavy atom. The van der Waals surface area contributed by atoms with Gasteiger partial charge in [-0.15, -0.1) is 0 Å². The van der Waals surface area contributed by atoms with Crippen molar-refractivity contribution in [3.8, 4) is 0 Å². The maximum Gasteiger partial charge on any atom is 0.330 e. The second-order valence-corrected chi connectivity index (χ2v) is 9.64. The van der Waals surface area contributed by atoms with Crippen LogP contribution in [0.3, 0.4) is 0 Å². The number of esters is 1. The van der Waals surface area contributed by atoms with Crippen LogP contribution in [0.4, 0.5) is 0 Å². The smallest absolute Gasteiger partial charge is 0.330 e. The van der Waals surface area contributed by atoms with Crippen molar-refractivity contribution in [3.05, 3.63) is 71.8 Å². The number of hydrogen-bond donors (Lipinski definition) is 0. The van der Waals surface area contributed by atoms with Crippen LogP contribution in [0.25, 0.3) is 0 Å². The Hall–Kier alpha value is -2.42. The van der Waals surface area contributed by atoms with Gasteiger partial charge in [0.05, 0.1) is 7.11 Å². The van der Waals surface area contributed by atoms with Crippen LogP contribution in [0.2, 0.25) is 0 Å². The lowest BCUT2D eigenvalue weighted by atomic mass is 9.61. The number of methoxy groups -OCH3 is 1. The van der Waals surface area contributed by atoms with Crippen LogP contribution in [0.5, 0.6) is 0 Å². The van der Waals surface area contributed by atoms with Gasteiger partial charge in [0, 0.05) is 6.21 Å². The highest BCUT2D eigenvalue weighted by molar-refractivity contribution is 5.78. The zero-order valence-electron chi connectivity index (χ0n) is 19.5. The van der Waals surface area contributed by atoms with E-state index < -0.39 is 6.04 Å². The Morgan fingerprint density at radius 3 is 2.39 bits per heavy atom. The summed E-state index contributed by atoms with van der Waals surface area (Å²) in [4.78, 5) is 17.3. The molecule has 31 heavy (non-hydrogen) atoms. The lowest BCUT2D eigenvalue weighted by Crippen LogP contribution is -2.39. The molecule has 0 unspecified atom stereocenters. The van der Waals surface area contributed by atoms with Crippen molar-refractivity contribution in [2.24, 2.45) is 22.7 Å². The zero-order valence-corrected chi connectivity index (χ0v) is 19.5. The van der Waals surface area contributed by atoms with Gasteiger partial charge >= 0.3 is 5.97 Å². The molecule has 2 aromatic rings. The summed E-state index contributed by atoms with van der Waals surface area (Å²) in [6.07, 6.45) is 7.14. The highest BCUT2D eigenvalue weighted by Gasteiger charge is 2.39. The largest absolute Gasteiger partial charge is 0.467 e. The highest BCUT2D eigenvalue weighted by atomic mass is 16.5. The molecular weight excluding hydrogens is 382 g/mol. The third-order valence-electron chi connectivity index (χ3n) is 7.09. The Bertz CT molecular complexity index is 844. The van der Waals surface area contributed by atoms with Crippen LogP contribution in [0, 0.1) is 17.8 Å². The average Bonchev–Trinajstić information content (AvgIpc) is 2.79. The van der Waals surface area contributed by atoms with E-state index in [0.29, 0.717) is 24.2 Å². The SMILES string of the molecule is COC(=O)[C@H](CCc1ccccc1)N=C[C@@H]1C[C@H](C)CC[C@H]1C(C)(C)c1ccccc1. The number of carbonyl (C=O) groups excluding carboxylic acids is 1. The molecule has 3 nitrogen and oxygen atoms in total. The number of nitrogens with zero attached hydrogens (tertiary/aromatic N) is 1. The number of hydrogen-bond acceptors (Lipinski definition) is 3. The van der Waals surface area contributed by atoms with Gasteiger partial charge in [-0.1, -0.05) is 87.9 Å². The van der Waals surface area contributed by atoms with Crippen molar-refractivity contribution < 1.29 is 9.53 Å². The first-order chi connectivity index (χ1) is 14.9. The number of aliphatic imine (C=N–C) groups is 1. The summed E-state index contributed by atoms with van der Waals surface area (Å²) in [6, 6.07) is 20.6. The molecule has 0 saturated heterocycles. The van der Waals surface area contributed by atoms with E-state index in [1.165, 1.54) is 31.1 Å². The standard InChI is InChI=1S/C28H37NO2/c1-21-15-17-25(28(2,3)24-13-9-6-10-14-24)23(19-21)20-29-26(27(30)31-4)18-16-22-11-7-5-8-12-22/h5-14,20-21,23,25-26H,15-19H2,1-4H3/t21-,23+,25-,26+/m1/s1. The van der Waals surface area contributed by atoms with Crippen molar-refractivity contribution in [3.63, 3.8) is 0 Å². The topological polar surface area (TPSA) is 38.7 Å². The predicted octanol–water partition coefficient (Wildman–Crippen LogP) is 6.26. The van der Waals surface area contributed by atoms with Crippen LogP contribution in [-0.4, -0.2) is 25.3 Å². The van der Waals surface area contributed by atoms with Gasteiger partial charge in [0.1, 0.15) is 6.04 Å². The summed E-state index contributed by atoms with van der Waals surface area (Å²) >= 11 is 0. The Morgan fingerprint density at radius 1 is 1.10 bits per heavy atom. The highest BCUT2D eigenvalue weighted by Crippen LogP contribution is 2.45. The summed E-state index contributed by atoms with van der Waals surface area (Å²) in [5.41, 5.74) is 2.66. The molecule has 4 atom stereocenters. The first kappa shape index (κ1) is 23.2. The first-order valence-electron chi connectivity index (χ1n) is 11.6. The molecule has 3 rings (SSSR count). The molecule has 0 heterocycles. The molecule has 1 fully saturated rings. The van der Waals surface area contributed by atoms with E-state index in [1.54, 1.807) is 0 Å². The van der Waals surface area contributed by atoms with E-state index in [1.807, 2.05) is 18.2 Å². The molecule has 3 heteroatoms. The minimum atomic E-state index is -0.442. The fraction of sp³-hybridized carbons (Fsp3) is 0.500. The van der Waals surface area contributed by atoms with Crippen LogP contribution < -0.4 is 0 Å². The molecule has 0 amide bonds. The van der Waals surface area contributed by atoms with Crippen molar-refractivity contribution in [2.45, 2.75) is 64.3 Å². The Kier molecular flexibility index (Phi) is 8.06. The Balaban J connectivity index is 1.78. The maximum absolute atomic E-state index is 12.4. The quantitative estimate of drug-likeness (QED) is 0.374. The van der Waals surface area contributed by atoms with E-state index in [2.05, 4.69) is 69.5 Å².